The van der Waals surface area contributed by atoms with Crippen LogP contribution < -0.4 is 31.9 Å². The van der Waals surface area contributed by atoms with Gasteiger partial charge in [-0.15, -0.1) is 11.6 Å². The lowest BCUT2D eigenvalue weighted by Gasteiger charge is -2.28. The molecule has 12 nitrogen and oxygen atoms in total. The highest BCUT2D eigenvalue weighted by molar-refractivity contribution is 6.17. The van der Waals surface area contributed by atoms with Crippen LogP contribution in [0.25, 0.3) is 12.2 Å². The molecule has 13 heteroatoms. The first-order chi connectivity index (χ1) is 23.8. The fourth-order valence-corrected chi connectivity index (χ4v) is 5.90. The molecule has 1 aromatic carbocycles. The Bertz CT molecular complexity index is 1610. The topological polar surface area (TPSA) is 142 Å². The predicted molar refractivity (Wildman–Crippen MR) is 196 cm³/mol. The van der Waals surface area contributed by atoms with E-state index >= 15 is 0 Å². The number of nitrogens with zero attached hydrogens (tertiary/aromatic N) is 4. The Hall–Kier alpha value is -4.00. The van der Waals surface area contributed by atoms with Crippen LogP contribution in [0.2, 0.25) is 0 Å². The van der Waals surface area contributed by atoms with E-state index in [-0.39, 0.29) is 35.9 Å². The number of aliphatic imine (C=N–C) groups is 2. The van der Waals surface area contributed by atoms with E-state index in [9.17, 15) is 14.4 Å². The molecular formula is C36H50ClN7O5. The van der Waals surface area contributed by atoms with Crippen molar-refractivity contribution in [2.75, 3.05) is 57.8 Å². The molecule has 49 heavy (non-hydrogen) atoms. The average Bonchev–Trinajstić information content (AvgIpc) is 3.72. The zero-order chi connectivity index (χ0) is 34.8. The molecule has 4 rings (SSSR count). The van der Waals surface area contributed by atoms with Crippen LogP contribution in [-0.4, -0.2) is 92.9 Å². The summed E-state index contributed by atoms with van der Waals surface area (Å²) in [7, 11) is 3.94. The monoisotopic (exact) mass is 695 g/mol. The number of H-pyrrole nitrogens is 1. The van der Waals surface area contributed by atoms with Gasteiger partial charge in [-0.25, -0.2) is 9.98 Å². The Balaban J connectivity index is 1.23. The first-order valence-corrected chi connectivity index (χ1v) is 17.7. The van der Waals surface area contributed by atoms with E-state index in [1.165, 1.54) is 10.9 Å². The number of ether oxygens (including phenoxy) is 2. The summed E-state index contributed by atoms with van der Waals surface area (Å²) >= 11 is 5.68. The zero-order valence-electron chi connectivity index (χ0n) is 28.7. The van der Waals surface area contributed by atoms with Gasteiger partial charge in [0.05, 0.1) is 31.7 Å². The number of allylic oxidation sites excluding steroid dienone is 2. The van der Waals surface area contributed by atoms with Crippen molar-refractivity contribution in [3.63, 3.8) is 0 Å². The predicted octanol–water partition coefficient (Wildman–Crippen LogP) is 2.47. The smallest absolute Gasteiger partial charge is 0.276 e. The zero-order valence-corrected chi connectivity index (χ0v) is 29.4. The molecule has 0 atom stereocenters. The third-order valence-corrected chi connectivity index (χ3v) is 8.76. The van der Waals surface area contributed by atoms with E-state index in [0.29, 0.717) is 74.5 Å². The molecule has 0 unspecified atom stereocenters. The van der Waals surface area contributed by atoms with Crippen molar-refractivity contribution in [1.82, 2.24) is 20.2 Å². The van der Waals surface area contributed by atoms with Gasteiger partial charge < -0.3 is 30.0 Å². The average molecular weight is 696 g/mol. The van der Waals surface area contributed by atoms with Crippen molar-refractivity contribution in [3.05, 3.63) is 62.8 Å². The Morgan fingerprint density at radius 1 is 1.00 bits per heavy atom. The number of benzene rings is 1. The number of aromatic amines is 1. The highest BCUT2D eigenvalue weighted by Gasteiger charge is 2.27. The minimum absolute atomic E-state index is 0.0199. The molecule has 1 fully saturated rings. The summed E-state index contributed by atoms with van der Waals surface area (Å²) < 4.78 is 12.6. The number of aromatic nitrogens is 2. The van der Waals surface area contributed by atoms with Crippen molar-refractivity contribution in [1.29, 1.82) is 0 Å². The second kappa shape index (κ2) is 20.5. The van der Waals surface area contributed by atoms with Gasteiger partial charge in [-0.1, -0.05) is 25.0 Å². The van der Waals surface area contributed by atoms with Crippen molar-refractivity contribution in [2.24, 2.45) is 15.9 Å². The maximum atomic E-state index is 13.5. The first kappa shape index (κ1) is 37.8. The number of nitrogens with one attached hydrogen (secondary N) is 3. The molecule has 2 heterocycles. The molecule has 266 valence electrons. The van der Waals surface area contributed by atoms with Gasteiger partial charge in [0, 0.05) is 50.8 Å². The molecule has 0 bridgehead atoms. The molecule has 1 aliphatic carbocycles. The fraction of sp³-hybridized carbons (Fsp3) is 0.528. The summed E-state index contributed by atoms with van der Waals surface area (Å²) in [5, 5.41) is 6.42. The van der Waals surface area contributed by atoms with Crippen molar-refractivity contribution in [2.45, 2.75) is 64.0 Å². The molecule has 2 amide bonds. The molecule has 1 aromatic heterocycles. The highest BCUT2D eigenvalue weighted by Crippen LogP contribution is 2.24. The van der Waals surface area contributed by atoms with Gasteiger partial charge in [-0.05, 0) is 74.4 Å². The third kappa shape index (κ3) is 12.8. The molecule has 3 N–H and O–H groups in total. The third-order valence-electron chi connectivity index (χ3n) is 8.50. The Labute approximate surface area is 293 Å². The summed E-state index contributed by atoms with van der Waals surface area (Å²) in [6, 6.07) is 7.79. The number of alkyl halides is 1. The van der Waals surface area contributed by atoms with Crippen LogP contribution in [0.3, 0.4) is 0 Å². The van der Waals surface area contributed by atoms with E-state index in [1.807, 2.05) is 43.3 Å². The largest absolute Gasteiger partial charge is 0.379 e. The number of carbonyl (C=O) groups excluding carboxylic acids is 2. The molecule has 1 aliphatic heterocycles. The van der Waals surface area contributed by atoms with Crippen LogP contribution in [0.4, 0.5) is 5.69 Å². The van der Waals surface area contributed by atoms with Crippen molar-refractivity contribution < 1.29 is 19.1 Å². The van der Waals surface area contributed by atoms with E-state index in [2.05, 4.69) is 25.6 Å². The molecule has 0 radical (unpaired) electrons. The van der Waals surface area contributed by atoms with Crippen LogP contribution in [0.5, 0.6) is 0 Å². The van der Waals surface area contributed by atoms with E-state index < -0.39 is 0 Å². The fourth-order valence-electron chi connectivity index (χ4n) is 5.71. The number of halogens is 1. The summed E-state index contributed by atoms with van der Waals surface area (Å²) in [6.07, 6.45) is 15.4. The number of carbonyl (C=O) groups is 2. The Morgan fingerprint density at radius 3 is 2.43 bits per heavy atom. The number of amides is 2. The first-order valence-electron chi connectivity index (χ1n) is 17.2. The Kier molecular flexibility index (Phi) is 15.8. The van der Waals surface area contributed by atoms with Gasteiger partial charge in [-0.3, -0.25) is 19.0 Å². The summed E-state index contributed by atoms with van der Waals surface area (Å²) in [4.78, 5) is 52.7. The summed E-state index contributed by atoms with van der Waals surface area (Å²) in [5.41, 5.74) is 2.73. The van der Waals surface area contributed by atoms with Gasteiger partial charge in [0.25, 0.3) is 5.56 Å². The maximum absolute atomic E-state index is 13.5. The van der Waals surface area contributed by atoms with E-state index in [4.69, 9.17) is 21.1 Å². The van der Waals surface area contributed by atoms with Crippen LogP contribution in [-0.2, 0) is 25.6 Å². The molecule has 1 saturated carbocycles. The standard InChI is InChI=1S/C36H50ClN7O5/c1-43(2)31-14-7-27(8-15-31)23-32-36(47)44(33(42-32)16-13-30-24-38-26-40-30)25-34(45)41-29-11-9-28(10-12-29)35(46)39-18-20-49-22-21-48-19-6-4-3-5-17-37/h7-8,13-16,23-24,26,28-29,42H,3-6,9-12,17-22,25H2,1-2H3,(H,39,46)(H,41,45)/b30-13+,32-23-,33-16+. The van der Waals surface area contributed by atoms with Gasteiger partial charge in [-0.2, -0.15) is 0 Å². The number of anilines is 1. The molecular weight excluding hydrogens is 646 g/mol. The van der Waals surface area contributed by atoms with Gasteiger partial charge in [0.2, 0.25) is 11.8 Å². The lowest BCUT2D eigenvalue weighted by atomic mass is 9.85. The molecule has 0 spiro atoms. The van der Waals surface area contributed by atoms with Gasteiger partial charge in [0.1, 0.15) is 23.7 Å². The van der Waals surface area contributed by atoms with Gasteiger partial charge >= 0.3 is 0 Å². The second-order valence-corrected chi connectivity index (χ2v) is 12.8. The van der Waals surface area contributed by atoms with Crippen LogP contribution in [0.15, 0.2) is 50.8 Å². The quantitative estimate of drug-likeness (QED) is 0.152. The minimum atomic E-state index is -0.300. The van der Waals surface area contributed by atoms with Crippen molar-refractivity contribution >= 4 is 53.8 Å². The maximum Gasteiger partial charge on any atom is 0.276 e. The highest BCUT2D eigenvalue weighted by atomic mass is 35.5. The second-order valence-electron chi connectivity index (χ2n) is 12.5. The van der Waals surface area contributed by atoms with Gasteiger partial charge in [0.15, 0.2) is 0 Å². The number of rotatable bonds is 19. The number of imidazole rings is 1. The molecule has 2 aliphatic rings. The van der Waals surface area contributed by atoms with E-state index in [1.54, 1.807) is 24.4 Å². The van der Waals surface area contributed by atoms with Crippen LogP contribution in [0, 0.1) is 5.92 Å². The lowest BCUT2D eigenvalue weighted by Crippen LogP contribution is -2.44. The number of hydrogen-bond donors (Lipinski definition) is 3. The van der Waals surface area contributed by atoms with E-state index in [0.717, 1.165) is 43.5 Å². The normalized spacial score (nSPS) is 18.8. The Morgan fingerprint density at radius 2 is 1.73 bits per heavy atom. The number of hydrogen-bond acceptors (Lipinski definition) is 8. The lowest BCUT2D eigenvalue weighted by molar-refractivity contribution is -0.126. The van der Waals surface area contributed by atoms with Crippen molar-refractivity contribution in [3.8, 4) is 0 Å². The SMILES string of the molecule is CN(C)c1ccc(/C=c2\[nH]/c(=C\C=C3/C=NC=N3)n(CC(=O)NC3CCC(C(=O)NCCOCCOCCCCCCCl)CC3)c2=O)cc1. The summed E-state index contributed by atoms with van der Waals surface area (Å²) in [6.45, 7) is 2.53. The van der Waals surface area contributed by atoms with Crippen LogP contribution in [0.1, 0.15) is 56.9 Å². The summed E-state index contributed by atoms with van der Waals surface area (Å²) in [5.74, 6) is 0.383. The van der Waals surface area contributed by atoms with Crippen LogP contribution >= 0.6 is 11.6 Å². The molecule has 2 aromatic rings. The number of unbranched alkanes of at least 4 members (excludes halogenated alkanes) is 3. The molecule has 0 saturated heterocycles. The minimum Gasteiger partial charge on any atom is -0.379 e.